The Hall–Kier alpha value is -1.68. The highest BCUT2D eigenvalue weighted by molar-refractivity contribution is 5.15. The maximum absolute atomic E-state index is 5.36. The average Bonchev–Trinajstić information content (AvgIpc) is 2.38. The maximum Gasteiger partial charge on any atom is 0.160 e. The van der Waals surface area contributed by atoms with Crippen molar-refractivity contribution in [2.24, 2.45) is 5.92 Å². The van der Waals surface area contributed by atoms with E-state index in [2.05, 4.69) is 56.5 Å². The van der Waals surface area contributed by atoms with E-state index in [0.717, 1.165) is 19.3 Å². The fourth-order valence-corrected chi connectivity index (χ4v) is 1.66. The van der Waals surface area contributed by atoms with Crippen molar-refractivity contribution < 1.29 is 4.74 Å². The van der Waals surface area contributed by atoms with Crippen molar-refractivity contribution in [2.45, 2.75) is 39.2 Å². The summed E-state index contributed by atoms with van der Waals surface area (Å²) in [4.78, 5) is 0. The summed E-state index contributed by atoms with van der Waals surface area (Å²) in [5.74, 6) is 6.76. The van der Waals surface area contributed by atoms with Crippen LogP contribution in [0.3, 0.4) is 0 Å². The molecule has 0 aliphatic carbocycles. The highest BCUT2D eigenvalue weighted by Gasteiger charge is 2.08. The lowest BCUT2D eigenvalue weighted by molar-refractivity contribution is 0.152. The Balaban J connectivity index is 2.30. The van der Waals surface area contributed by atoms with Gasteiger partial charge in [0.1, 0.15) is 0 Å². The molecular formula is C17H22O. The van der Waals surface area contributed by atoms with E-state index in [0.29, 0.717) is 5.92 Å². The van der Waals surface area contributed by atoms with E-state index in [4.69, 9.17) is 4.74 Å². The van der Waals surface area contributed by atoms with Crippen LogP contribution in [-0.4, -0.2) is 6.10 Å². The molecule has 0 bridgehead atoms. The molecule has 0 aliphatic heterocycles. The standard InChI is InChI=1S/C17H22O/c1-4-18-17(15(2)3)14-10-6-9-13-16-11-7-5-8-12-16/h4-5,7-8,11-12,15,17H,1,6,9,13H2,2-3H3. The molecule has 1 aromatic carbocycles. The van der Waals surface area contributed by atoms with Crippen LogP contribution in [0.2, 0.25) is 0 Å². The zero-order valence-corrected chi connectivity index (χ0v) is 11.4. The molecule has 96 valence electrons. The molecule has 1 nitrogen and oxygen atoms in total. The topological polar surface area (TPSA) is 9.23 Å². The van der Waals surface area contributed by atoms with Gasteiger partial charge in [-0.1, -0.05) is 62.6 Å². The average molecular weight is 242 g/mol. The van der Waals surface area contributed by atoms with Crippen LogP contribution in [0.4, 0.5) is 0 Å². The fourth-order valence-electron chi connectivity index (χ4n) is 1.66. The Kier molecular flexibility index (Phi) is 6.72. The number of benzene rings is 1. The Morgan fingerprint density at radius 3 is 2.61 bits per heavy atom. The fraction of sp³-hybridized carbons (Fsp3) is 0.412. The van der Waals surface area contributed by atoms with Crippen molar-refractivity contribution in [3.63, 3.8) is 0 Å². The predicted octanol–water partition coefficient (Wildman–Crippen LogP) is 4.20. The molecule has 0 aliphatic rings. The van der Waals surface area contributed by atoms with E-state index >= 15 is 0 Å². The van der Waals surface area contributed by atoms with E-state index in [1.807, 2.05) is 6.07 Å². The summed E-state index contributed by atoms with van der Waals surface area (Å²) in [5.41, 5.74) is 1.38. The minimum absolute atomic E-state index is 0.0285. The van der Waals surface area contributed by atoms with Crippen LogP contribution in [0, 0.1) is 17.8 Å². The largest absolute Gasteiger partial charge is 0.486 e. The number of hydrogen-bond donors (Lipinski definition) is 0. The Morgan fingerprint density at radius 1 is 1.28 bits per heavy atom. The summed E-state index contributed by atoms with van der Waals surface area (Å²) < 4.78 is 5.36. The molecular weight excluding hydrogens is 220 g/mol. The second-order valence-corrected chi connectivity index (χ2v) is 4.63. The van der Waals surface area contributed by atoms with E-state index in [1.165, 1.54) is 11.8 Å². The predicted molar refractivity (Wildman–Crippen MR) is 77.1 cm³/mol. The van der Waals surface area contributed by atoms with Crippen LogP contribution in [0.25, 0.3) is 0 Å². The molecule has 0 radical (unpaired) electrons. The molecule has 0 heterocycles. The molecule has 1 unspecified atom stereocenters. The minimum atomic E-state index is -0.0285. The van der Waals surface area contributed by atoms with Crippen LogP contribution in [-0.2, 0) is 11.2 Å². The molecule has 0 fully saturated rings. The second kappa shape index (κ2) is 8.42. The SMILES string of the molecule is C=COC(C#CCCCc1ccccc1)C(C)C. The van der Waals surface area contributed by atoms with Gasteiger partial charge in [0.15, 0.2) is 6.10 Å². The van der Waals surface area contributed by atoms with Gasteiger partial charge in [0.2, 0.25) is 0 Å². The van der Waals surface area contributed by atoms with Crippen molar-refractivity contribution in [1.29, 1.82) is 0 Å². The summed E-state index contributed by atoms with van der Waals surface area (Å²) in [6.07, 6.45) is 4.54. The van der Waals surface area contributed by atoms with Gasteiger partial charge in [-0.3, -0.25) is 0 Å². The van der Waals surface area contributed by atoms with Crippen molar-refractivity contribution in [2.75, 3.05) is 0 Å². The molecule has 1 heteroatoms. The van der Waals surface area contributed by atoms with Crippen LogP contribution >= 0.6 is 0 Å². The molecule has 1 rings (SSSR count). The van der Waals surface area contributed by atoms with Crippen LogP contribution in [0.15, 0.2) is 43.2 Å². The highest BCUT2D eigenvalue weighted by atomic mass is 16.5. The van der Waals surface area contributed by atoms with Gasteiger partial charge in [-0.15, -0.1) is 0 Å². The first-order valence-electron chi connectivity index (χ1n) is 6.52. The minimum Gasteiger partial charge on any atom is -0.486 e. The van der Waals surface area contributed by atoms with Crippen molar-refractivity contribution >= 4 is 0 Å². The summed E-state index contributed by atoms with van der Waals surface area (Å²) >= 11 is 0. The summed E-state index contributed by atoms with van der Waals surface area (Å²) in [6, 6.07) is 10.5. The van der Waals surface area contributed by atoms with Crippen LogP contribution in [0.1, 0.15) is 32.3 Å². The van der Waals surface area contributed by atoms with Gasteiger partial charge in [-0.25, -0.2) is 0 Å². The molecule has 1 atom stereocenters. The highest BCUT2D eigenvalue weighted by Crippen LogP contribution is 2.07. The zero-order valence-electron chi connectivity index (χ0n) is 11.4. The Labute approximate surface area is 111 Å². The molecule has 0 aromatic heterocycles. The van der Waals surface area contributed by atoms with Crippen molar-refractivity contribution in [1.82, 2.24) is 0 Å². The third-order valence-corrected chi connectivity index (χ3v) is 2.70. The molecule has 0 N–H and O–H groups in total. The third-order valence-electron chi connectivity index (χ3n) is 2.70. The molecule has 1 aromatic rings. The van der Waals surface area contributed by atoms with Gasteiger partial charge in [0, 0.05) is 12.3 Å². The lowest BCUT2D eigenvalue weighted by atomic mass is 10.1. The van der Waals surface area contributed by atoms with E-state index in [1.54, 1.807) is 0 Å². The molecule has 0 amide bonds. The smallest absolute Gasteiger partial charge is 0.160 e. The quantitative estimate of drug-likeness (QED) is 0.413. The van der Waals surface area contributed by atoms with Crippen molar-refractivity contribution in [3.05, 3.63) is 48.7 Å². The lowest BCUT2D eigenvalue weighted by Crippen LogP contribution is -2.14. The van der Waals surface area contributed by atoms with Crippen LogP contribution < -0.4 is 0 Å². The zero-order chi connectivity index (χ0) is 13.2. The second-order valence-electron chi connectivity index (χ2n) is 4.63. The van der Waals surface area contributed by atoms with E-state index in [-0.39, 0.29) is 6.10 Å². The number of aryl methyl sites for hydroxylation is 1. The summed E-state index contributed by atoms with van der Waals surface area (Å²) in [5, 5.41) is 0. The first-order valence-corrected chi connectivity index (χ1v) is 6.52. The number of rotatable bonds is 6. The lowest BCUT2D eigenvalue weighted by Gasteiger charge is -2.13. The molecule has 0 saturated heterocycles. The summed E-state index contributed by atoms with van der Waals surface area (Å²) in [7, 11) is 0. The maximum atomic E-state index is 5.36. The van der Waals surface area contributed by atoms with Gasteiger partial charge in [-0.2, -0.15) is 0 Å². The Morgan fingerprint density at radius 2 is 2.00 bits per heavy atom. The molecule has 18 heavy (non-hydrogen) atoms. The summed E-state index contributed by atoms with van der Waals surface area (Å²) in [6.45, 7) is 7.78. The van der Waals surface area contributed by atoms with Crippen molar-refractivity contribution in [3.8, 4) is 11.8 Å². The van der Waals surface area contributed by atoms with Gasteiger partial charge in [0.25, 0.3) is 0 Å². The van der Waals surface area contributed by atoms with E-state index in [9.17, 15) is 0 Å². The number of hydrogen-bond acceptors (Lipinski definition) is 1. The van der Waals surface area contributed by atoms with Gasteiger partial charge < -0.3 is 4.74 Å². The Bertz CT molecular complexity index is 395. The number of ether oxygens (including phenoxy) is 1. The first-order chi connectivity index (χ1) is 8.74. The molecule has 0 spiro atoms. The first kappa shape index (κ1) is 14.4. The normalized spacial score (nSPS) is 11.5. The third kappa shape index (κ3) is 5.59. The van der Waals surface area contributed by atoms with Gasteiger partial charge in [0.05, 0.1) is 6.26 Å². The van der Waals surface area contributed by atoms with E-state index < -0.39 is 0 Å². The van der Waals surface area contributed by atoms with Gasteiger partial charge in [-0.05, 0) is 18.4 Å². The number of unbranched alkanes of at least 4 members (excludes halogenated alkanes) is 1. The van der Waals surface area contributed by atoms with Crippen LogP contribution in [0.5, 0.6) is 0 Å². The van der Waals surface area contributed by atoms with Gasteiger partial charge >= 0.3 is 0 Å². The monoisotopic (exact) mass is 242 g/mol. The molecule has 0 saturated carbocycles.